The molecule has 112 valence electrons. The smallest absolute Gasteiger partial charge is 0.408 e. The third-order valence-corrected chi connectivity index (χ3v) is 3.88. The fraction of sp³-hybridized carbons (Fsp3) is 0.429. The molecule has 0 unspecified atom stereocenters. The topological polar surface area (TPSA) is 76.3 Å². The number of aromatic nitrogens is 1. The van der Waals surface area contributed by atoms with E-state index in [0.717, 1.165) is 13.1 Å². The molecule has 1 aromatic heterocycles. The normalized spacial score (nSPS) is 15.1. The van der Waals surface area contributed by atoms with E-state index in [0.29, 0.717) is 35.1 Å². The van der Waals surface area contributed by atoms with Crippen LogP contribution in [0.15, 0.2) is 27.4 Å². The van der Waals surface area contributed by atoms with Crippen LogP contribution in [-0.4, -0.2) is 30.1 Å². The van der Waals surface area contributed by atoms with Crippen LogP contribution < -0.4 is 16.4 Å². The molecule has 3 rings (SSSR count). The first-order valence-corrected chi connectivity index (χ1v) is 7.27. The Morgan fingerprint density at radius 3 is 3.00 bits per heavy atom. The van der Waals surface area contributed by atoms with Crippen LogP contribution in [0.1, 0.15) is 6.42 Å². The van der Waals surface area contributed by atoms with Crippen molar-refractivity contribution in [2.75, 3.05) is 19.6 Å². The maximum Gasteiger partial charge on any atom is 0.419 e. The highest BCUT2D eigenvalue weighted by atomic mass is 35.5. The molecule has 0 saturated carbocycles. The molecule has 1 fully saturated rings. The van der Waals surface area contributed by atoms with Crippen molar-refractivity contribution in [3.8, 4) is 0 Å². The molecule has 7 heteroatoms. The average molecular weight is 310 g/mol. The summed E-state index contributed by atoms with van der Waals surface area (Å²) in [6.45, 7) is 2.88. The van der Waals surface area contributed by atoms with Crippen LogP contribution in [0.5, 0.6) is 0 Å². The zero-order valence-corrected chi connectivity index (χ0v) is 12.2. The van der Waals surface area contributed by atoms with Gasteiger partial charge in [0.05, 0.1) is 5.52 Å². The van der Waals surface area contributed by atoms with Gasteiger partial charge in [-0.25, -0.2) is 4.79 Å². The number of fused-ring (bicyclic) bond motifs is 1. The van der Waals surface area contributed by atoms with Crippen molar-refractivity contribution in [2.24, 2.45) is 5.92 Å². The van der Waals surface area contributed by atoms with E-state index in [1.807, 2.05) is 0 Å². The molecule has 0 spiro atoms. The SMILES string of the molecule is O=C(CCn1c(=O)oc2cc(Cl)ccc21)NCC1CNC1. The van der Waals surface area contributed by atoms with Gasteiger partial charge in [0.2, 0.25) is 5.91 Å². The molecule has 0 atom stereocenters. The fourth-order valence-corrected chi connectivity index (χ4v) is 2.47. The largest absolute Gasteiger partial charge is 0.419 e. The lowest BCUT2D eigenvalue weighted by Crippen LogP contribution is -2.48. The Labute approximate surface area is 126 Å². The van der Waals surface area contributed by atoms with Crippen LogP contribution in [0.3, 0.4) is 0 Å². The number of hydrogen-bond donors (Lipinski definition) is 2. The minimum atomic E-state index is -0.469. The Morgan fingerprint density at radius 1 is 1.48 bits per heavy atom. The first kappa shape index (κ1) is 14.2. The monoisotopic (exact) mass is 309 g/mol. The lowest BCUT2D eigenvalue weighted by molar-refractivity contribution is -0.121. The maximum atomic E-state index is 11.8. The number of halogens is 1. The van der Waals surface area contributed by atoms with E-state index in [2.05, 4.69) is 10.6 Å². The Bertz CT molecular complexity index is 718. The van der Waals surface area contributed by atoms with E-state index in [1.54, 1.807) is 18.2 Å². The van der Waals surface area contributed by atoms with Crippen LogP contribution in [0.25, 0.3) is 11.1 Å². The number of nitrogens with one attached hydrogen (secondary N) is 2. The van der Waals surface area contributed by atoms with Gasteiger partial charge in [-0.15, -0.1) is 0 Å². The van der Waals surface area contributed by atoms with Crippen LogP contribution in [-0.2, 0) is 11.3 Å². The van der Waals surface area contributed by atoms with E-state index in [-0.39, 0.29) is 12.3 Å². The Morgan fingerprint density at radius 2 is 2.29 bits per heavy atom. The highest BCUT2D eigenvalue weighted by Gasteiger charge is 2.17. The molecule has 0 bridgehead atoms. The molecule has 6 nitrogen and oxygen atoms in total. The second kappa shape index (κ2) is 5.91. The quantitative estimate of drug-likeness (QED) is 0.863. The Balaban J connectivity index is 1.63. The van der Waals surface area contributed by atoms with Gasteiger partial charge in [-0.05, 0) is 12.1 Å². The summed E-state index contributed by atoms with van der Waals surface area (Å²) >= 11 is 5.86. The third-order valence-electron chi connectivity index (χ3n) is 3.65. The van der Waals surface area contributed by atoms with Gasteiger partial charge in [0.15, 0.2) is 5.58 Å². The number of carbonyl (C=O) groups excluding carboxylic acids is 1. The molecular weight excluding hydrogens is 294 g/mol. The number of hydrogen-bond acceptors (Lipinski definition) is 4. The molecular formula is C14H16ClN3O3. The molecule has 2 aromatic rings. The van der Waals surface area contributed by atoms with Gasteiger partial charge in [0.1, 0.15) is 0 Å². The van der Waals surface area contributed by atoms with E-state index in [9.17, 15) is 9.59 Å². The lowest BCUT2D eigenvalue weighted by Gasteiger charge is -2.27. The average Bonchev–Trinajstić information content (AvgIpc) is 2.69. The standard InChI is InChI=1S/C14H16ClN3O3/c15-10-1-2-11-12(5-10)21-14(20)18(11)4-3-13(19)17-8-9-6-16-7-9/h1-2,5,9,16H,3-4,6-8H2,(H,17,19). The molecule has 2 N–H and O–H groups in total. The summed E-state index contributed by atoms with van der Waals surface area (Å²) in [6, 6.07) is 5.01. The summed E-state index contributed by atoms with van der Waals surface area (Å²) in [6.07, 6.45) is 0.247. The minimum Gasteiger partial charge on any atom is -0.408 e. The van der Waals surface area contributed by atoms with Gasteiger partial charge in [-0.2, -0.15) is 0 Å². The summed E-state index contributed by atoms with van der Waals surface area (Å²) < 4.78 is 6.57. The van der Waals surface area contributed by atoms with Crippen LogP contribution in [0.4, 0.5) is 0 Å². The second-order valence-corrected chi connectivity index (χ2v) is 5.65. The van der Waals surface area contributed by atoms with Gasteiger partial charge in [0, 0.05) is 49.6 Å². The first-order chi connectivity index (χ1) is 10.1. The summed E-state index contributed by atoms with van der Waals surface area (Å²) in [5.74, 6) is -0.00561. The molecule has 1 aliphatic rings. The molecule has 0 radical (unpaired) electrons. The van der Waals surface area contributed by atoms with Gasteiger partial charge in [-0.1, -0.05) is 11.6 Å². The molecule has 1 amide bonds. The predicted octanol–water partition coefficient (Wildman–Crippen LogP) is 0.974. The summed E-state index contributed by atoms with van der Waals surface area (Å²) in [4.78, 5) is 23.6. The van der Waals surface area contributed by atoms with E-state index < -0.39 is 5.76 Å². The van der Waals surface area contributed by atoms with Gasteiger partial charge >= 0.3 is 5.76 Å². The summed E-state index contributed by atoms with van der Waals surface area (Å²) in [5.41, 5.74) is 1.09. The highest BCUT2D eigenvalue weighted by molar-refractivity contribution is 6.31. The lowest BCUT2D eigenvalue weighted by atomic mass is 10.0. The van der Waals surface area contributed by atoms with Gasteiger partial charge < -0.3 is 15.1 Å². The van der Waals surface area contributed by atoms with Crippen molar-refractivity contribution in [1.82, 2.24) is 15.2 Å². The molecule has 1 saturated heterocycles. The second-order valence-electron chi connectivity index (χ2n) is 5.21. The van der Waals surface area contributed by atoms with Gasteiger partial charge in [0.25, 0.3) is 0 Å². The fourth-order valence-electron chi connectivity index (χ4n) is 2.30. The minimum absolute atomic E-state index is 0.0582. The van der Waals surface area contributed by atoms with Crippen molar-refractivity contribution in [2.45, 2.75) is 13.0 Å². The Kier molecular flexibility index (Phi) is 3.98. The summed E-state index contributed by atoms with van der Waals surface area (Å²) in [5, 5.41) is 6.54. The van der Waals surface area contributed by atoms with Crippen LogP contribution >= 0.6 is 11.6 Å². The van der Waals surface area contributed by atoms with Crippen molar-refractivity contribution >= 4 is 28.6 Å². The molecule has 21 heavy (non-hydrogen) atoms. The zero-order chi connectivity index (χ0) is 14.8. The molecule has 1 aromatic carbocycles. The first-order valence-electron chi connectivity index (χ1n) is 6.90. The van der Waals surface area contributed by atoms with E-state index in [1.165, 1.54) is 4.57 Å². The number of aryl methyl sites for hydroxylation is 1. The van der Waals surface area contributed by atoms with Crippen molar-refractivity contribution in [1.29, 1.82) is 0 Å². The van der Waals surface area contributed by atoms with E-state index in [4.69, 9.17) is 16.0 Å². The number of nitrogens with zero attached hydrogens (tertiary/aromatic N) is 1. The van der Waals surface area contributed by atoms with Gasteiger partial charge in [-0.3, -0.25) is 9.36 Å². The Hall–Kier alpha value is -1.79. The predicted molar refractivity (Wildman–Crippen MR) is 79.5 cm³/mol. The van der Waals surface area contributed by atoms with E-state index >= 15 is 0 Å². The number of benzene rings is 1. The third kappa shape index (κ3) is 3.11. The number of rotatable bonds is 5. The van der Waals surface area contributed by atoms with Crippen molar-refractivity contribution in [3.63, 3.8) is 0 Å². The number of oxazole rings is 1. The molecule has 1 aliphatic heterocycles. The van der Waals surface area contributed by atoms with Crippen LogP contribution in [0.2, 0.25) is 5.02 Å². The van der Waals surface area contributed by atoms with Crippen LogP contribution in [0, 0.1) is 5.92 Å². The van der Waals surface area contributed by atoms with Crippen molar-refractivity contribution < 1.29 is 9.21 Å². The number of carbonyl (C=O) groups is 1. The maximum absolute atomic E-state index is 11.8. The zero-order valence-electron chi connectivity index (χ0n) is 11.4. The number of amides is 1. The van der Waals surface area contributed by atoms with Crippen molar-refractivity contribution in [3.05, 3.63) is 33.8 Å². The molecule has 0 aliphatic carbocycles. The molecule has 2 heterocycles. The highest BCUT2D eigenvalue weighted by Crippen LogP contribution is 2.18. The summed E-state index contributed by atoms with van der Waals surface area (Å²) in [7, 11) is 0.